The van der Waals surface area contributed by atoms with Crippen molar-refractivity contribution in [2.24, 2.45) is 0 Å². The Morgan fingerprint density at radius 3 is 2.39 bits per heavy atom. The van der Waals surface area contributed by atoms with Crippen molar-refractivity contribution in [3.63, 3.8) is 0 Å². The van der Waals surface area contributed by atoms with Gasteiger partial charge in [0.1, 0.15) is 5.75 Å². The van der Waals surface area contributed by atoms with E-state index >= 15 is 0 Å². The van der Waals surface area contributed by atoms with E-state index in [-0.39, 0.29) is 12.5 Å². The summed E-state index contributed by atoms with van der Waals surface area (Å²) in [5, 5.41) is 8.62. The van der Waals surface area contributed by atoms with Crippen LogP contribution in [0.4, 0.5) is 0 Å². The molecular formula is C21H21ClN2O4. The van der Waals surface area contributed by atoms with Crippen LogP contribution in [0.2, 0.25) is 5.02 Å². The number of halogens is 1. The van der Waals surface area contributed by atoms with Crippen molar-refractivity contribution in [3.8, 4) is 17.2 Å². The molecule has 1 heterocycles. The number of ether oxygens (including phenoxy) is 2. The Bertz CT molecular complexity index is 959. The van der Waals surface area contributed by atoms with Crippen molar-refractivity contribution in [2.75, 3.05) is 6.61 Å². The molecule has 0 fully saturated rings. The number of aromatic nitrogens is 2. The Hall–Kier alpha value is -2.86. The highest BCUT2D eigenvalue weighted by Gasteiger charge is 2.20. The fourth-order valence-electron chi connectivity index (χ4n) is 2.75. The fraction of sp³-hybridized carbons (Fsp3) is 0.286. The maximum atomic E-state index is 12.1. The van der Waals surface area contributed by atoms with E-state index in [0.29, 0.717) is 16.7 Å². The quantitative estimate of drug-likeness (QED) is 0.542. The van der Waals surface area contributed by atoms with Gasteiger partial charge in [-0.3, -0.25) is 0 Å². The average Bonchev–Trinajstić information content (AvgIpc) is 3.11. The van der Waals surface area contributed by atoms with Gasteiger partial charge in [0, 0.05) is 10.6 Å². The molecule has 0 aliphatic rings. The third kappa shape index (κ3) is 4.70. The zero-order chi connectivity index (χ0) is 20.3. The van der Waals surface area contributed by atoms with E-state index in [1.807, 2.05) is 45.0 Å². The highest BCUT2D eigenvalue weighted by Crippen LogP contribution is 2.27. The molecule has 0 saturated heterocycles. The van der Waals surface area contributed by atoms with Gasteiger partial charge in [0.25, 0.3) is 5.89 Å². The first-order valence-corrected chi connectivity index (χ1v) is 9.20. The zero-order valence-corrected chi connectivity index (χ0v) is 16.9. The van der Waals surface area contributed by atoms with Crippen LogP contribution in [-0.2, 0) is 9.53 Å². The van der Waals surface area contributed by atoms with Crippen LogP contribution in [0.5, 0.6) is 5.75 Å². The van der Waals surface area contributed by atoms with Crippen LogP contribution in [0.15, 0.2) is 40.8 Å². The van der Waals surface area contributed by atoms with E-state index in [4.69, 9.17) is 25.5 Å². The Morgan fingerprint density at radius 1 is 1.11 bits per heavy atom. The Balaban J connectivity index is 1.60. The first-order chi connectivity index (χ1) is 13.3. The molecule has 0 unspecified atom stereocenters. The molecular weight excluding hydrogens is 380 g/mol. The molecule has 0 N–H and O–H groups in total. The number of rotatable bonds is 6. The van der Waals surface area contributed by atoms with Crippen LogP contribution in [0.3, 0.4) is 0 Å². The smallest absolute Gasteiger partial charge is 0.344 e. The zero-order valence-electron chi connectivity index (χ0n) is 16.2. The summed E-state index contributed by atoms with van der Waals surface area (Å²) in [7, 11) is 0. The topological polar surface area (TPSA) is 74.5 Å². The molecule has 1 aromatic heterocycles. The monoisotopic (exact) mass is 400 g/mol. The van der Waals surface area contributed by atoms with E-state index in [9.17, 15) is 4.79 Å². The lowest BCUT2D eigenvalue weighted by atomic mass is 10.1. The van der Waals surface area contributed by atoms with Crippen LogP contribution in [0, 0.1) is 20.8 Å². The number of carbonyl (C=O) groups is 1. The molecule has 1 atom stereocenters. The number of nitrogens with zero attached hydrogens (tertiary/aromatic N) is 2. The molecule has 3 rings (SSSR count). The number of hydrogen-bond donors (Lipinski definition) is 0. The van der Waals surface area contributed by atoms with Crippen molar-refractivity contribution < 1.29 is 18.7 Å². The molecule has 0 saturated carbocycles. The first kappa shape index (κ1) is 19.9. The molecule has 7 heteroatoms. The number of carbonyl (C=O) groups excluding carboxylic acids is 1. The third-order valence-electron chi connectivity index (χ3n) is 4.15. The summed E-state index contributed by atoms with van der Waals surface area (Å²) in [6.45, 7) is 7.18. The van der Waals surface area contributed by atoms with E-state index in [2.05, 4.69) is 10.2 Å². The SMILES string of the molecule is Cc1ccc(-c2nnc([C@H](C)OC(=O)COc3c(C)cc(Cl)cc3C)o2)cc1. The predicted molar refractivity (Wildman–Crippen MR) is 105 cm³/mol. The van der Waals surface area contributed by atoms with Gasteiger partial charge in [-0.2, -0.15) is 0 Å². The molecule has 0 aliphatic carbocycles. The number of esters is 1. The lowest BCUT2D eigenvalue weighted by Gasteiger charge is -2.13. The highest BCUT2D eigenvalue weighted by atomic mass is 35.5. The molecule has 0 bridgehead atoms. The summed E-state index contributed by atoms with van der Waals surface area (Å²) in [4.78, 5) is 12.1. The van der Waals surface area contributed by atoms with Gasteiger partial charge in [-0.05, 0) is 63.1 Å². The normalized spacial score (nSPS) is 11.9. The summed E-state index contributed by atoms with van der Waals surface area (Å²) in [6.07, 6.45) is -0.685. The van der Waals surface area contributed by atoms with Crippen molar-refractivity contribution in [1.29, 1.82) is 0 Å². The molecule has 0 radical (unpaired) electrons. The minimum absolute atomic E-state index is 0.225. The van der Waals surface area contributed by atoms with Crippen LogP contribution >= 0.6 is 11.6 Å². The van der Waals surface area contributed by atoms with Crippen LogP contribution in [-0.4, -0.2) is 22.8 Å². The average molecular weight is 401 g/mol. The van der Waals surface area contributed by atoms with E-state index in [1.54, 1.807) is 19.1 Å². The van der Waals surface area contributed by atoms with E-state index < -0.39 is 12.1 Å². The van der Waals surface area contributed by atoms with Gasteiger partial charge in [-0.1, -0.05) is 29.3 Å². The highest BCUT2D eigenvalue weighted by molar-refractivity contribution is 6.30. The molecule has 28 heavy (non-hydrogen) atoms. The Kier molecular flexibility index (Phi) is 5.99. The largest absolute Gasteiger partial charge is 0.481 e. The predicted octanol–water partition coefficient (Wildman–Crippen LogP) is 5.00. The second kappa shape index (κ2) is 8.44. The van der Waals surface area contributed by atoms with Gasteiger partial charge in [-0.15, -0.1) is 10.2 Å². The number of benzene rings is 2. The van der Waals surface area contributed by atoms with Gasteiger partial charge in [0.2, 0.25) is 5.89 Å². The maximum Gasteiger partial charge on any atom is 0.344 e. The first-order valence-electron chi connectivity index (χ1n) is 8.83. The second-order valence-corrected chi connectivity index (χ2v) is 7.04. The maximum absolute atomic E-state index is 12.1. The van der Waals surface area contributed by atoms with Gasteiger partial charge < -0.3 is 13.9 Å². The summed E-state index contributed by atoms with van der Waals surface area (Å²) in [5.74, 6) is 0.689. The van der Waals surface area contributed by atoms with Crippen LogP contribution in [0.25, 0.3) is 11.5 Å². The fourth-order valence-corrected chi connectivity index (χ4v) is 3.08. The third-order valence-corrected chi connectivity index (χ3v) is 4.37. The van der Waals surface area contributed by atoms with E-state index in [1.165, 1.54) is 0 Å². The number of hydrogen-bond acceptors (Lipinski definition) is 6. The van der Waals surface area contributed by atoms with Gasteiger partial charge in [-0.25, -0.2) is 4.79 Å². The lowest BCUT2D eigenvalue weighted by Crippen LogP contribution is -2.17. The standard InChI is InChI=1S/C21H21ClN2O4/c1-12-5-7-16(8-6-12)21-24-23-20(28-21)15(4)27-18(25)11-26-19-13(2)9-17(22)10-14(19)3/h5-10,15H,11H2,1-4H3/t15-/m0/s1. The Labute approximate surface area is 168 Å². The minimum atomic E-state index is -0.685. The molecule has 0 spiro atoms. The molecule has 0 aliphatic heterocycles. The van der Waals surface area contributed by atoms with E-state index in [0.717, 1.165) is 22.3 Å². The second-order valence-electron chi connectivity index (χ2n) is 6.60. The van der Waals surface area contributed by atoms with Gasteiger partial charge >= 0.3 is 5.97 Å². The van der Waals surface area contributed by atoms with Crippen molar-refractivity contribution in [3.05, 3.63) is 64.0 Å². The van der Waals surface area contributed by atoms with Crippen molar-refractivity contribution in [1.82, 2.24) is 10.2 Å². The molecule has 2 aromatic carbocycles. The summed E-state index contributed by atoms with van der Waals surface area (Å²) in [5.41, 5.74) is 3.65. The summed E-state index contributed by atoms with van der Waals surface area (Å²) >= 11 is 6.01. The van der Waals surface area contributed by atoms with Gasteiger partial charge in [0.05, 0.1) is 0 Å². The molecule has 146 valence electrons. The number of aryl methyl sites for hydroxylation is 3. The Morgan fingerprint density at radius 2 is 1.75 bits per heavy atom. The van der Waals surface area contributed by atoms with Crippen molar-refractivity contribution >= 4 is 17.6 Å². The minimum Gasteiger partial charge on any atom is -0.481 e. The molecule has 0 amide bonds. The van der Waals surface area contributed by atoms with Crippen molar-refractivity contribution in [2.45, 2.75) is 33.8 Å². The van der Waals surface area contributed by atoms with Crippen LogP contribution < -0.4 is 4.74 Å². The molecule has 3 aromatic rings. The summed E-state index contributed by atoms with van der Waals surface area (Å²) in [6, 6.07) is 11.3. The van der Waals surface area contributed by atoms with Crippen LogP contribution in [0.1, 0.15) is 35.6 Å². The molecule has 6 nitrogen and oxygen atoms in total. The summed E-state index contributed by atoms with van der Waals surface area (Å²) < 4.78 is 16.6. The van der Waals surface area contributed by atoms with Gasteiger partial charge in [0.15, 0.2) is 12.7 Å². The lowest BCUT2D eigenvalue weighted by molar-refractivity contribution is -0.152.